The Balaban J connectivity index is 1.54. The lowest BCUT2D eigenvalue weighted by molar-refractivity contribution is 0.196. The maximum Gasteiger partial charge on any atom is 0.317 e. The minimum absolute atomic E-state index is 0.0331. The number of urea groups is 1. The Bertz CT molecular complexity index is 627. The molecule has 1 aliphatic heterocycles. The monoisotopic (exact) mass is 295 g/mol. The van der Waals surface area contributed by atoms with Gasteiger partial charge < -0.3 is 10.2 Å². The van der Waals surface area contributed by atoms with E-state index in [1.807, 2.05) is 23.1 Å². The Hall–Kier alpha value is -2.36. The number of hydrogen-bond donors (Lipinski definition) is 1. The van der Waals surface area contributed by atoms with Gasteiger partial charge in [0.2, 0.25) is 0 Å². The Kier molecular flexibility index (Phi) is 4.68. The fourth-order valence-electron chi connectivity index (χ4n) is 2.85. The first-order valence-electron chi connectivity index (χ1n) is 7.81. The van der Waals surface area contributed by atoms with Crippen molar-refractivity contribution in [1.29, 1.82) is 0 Å². The van der Waals surface area contributed by atoms with Crippen molar-refractivity contribution in [3.63, 3.8) is 0 Å². The number of carbonyl (C=O) groups is 1. The molecule has 0 radical (unpaired) electrons. The molecule has 2 aromatic rings. The number of fused-ring (bicyclic) bond motifs is 1. The molecule has 1 aromatic heterocycles. The van der Waals surface area contributed by atoms with Crippen LogP contribution in [0.2, 0.25) is 0 Å². The molecule has 3 rings (SSSR count). The van der Waals surface area contributed by atoms with Crippen LogP contribution in [0.3, 0.4) is 0 Å². The van der Waals surface area contributed by atoms with E-state index in [2.05, 4.69) is 28.5 Å². The summed E-state index contributed by atoms with van der Waals surface area (Å²) in [6, 6.07) is 12.4. The fraction of sp³-hybridized carbons (Fsp3) is 0.333. The third-order valence-corrected chi connectivity index (χ3v) is 4.08. The minimum Gasteiger partial charge on any atom is -0.338 e. The van der Waals surface area contributed by atoms with Crippen LogP contribution < -0.4 is 5.32 Å². The summed E-state index contributed by atoms with van der Waals surface area (Å²) in [4.78, 5) is 18.3. The standard InChI is InChI=1S/C18H21N3O/c22-18(20-12-9-15-7-10-19-11-8-15)21-13-3-6-16-4-1-2-5-17(16)14-21/h1-2,4-5,7-8,10-11H,3,6,9,12-14H2,(H,20,22). The summed E-state index contributed by atoms with van der Waals surface area (Å²) in [6.07, 6.45) is 6.47. The van der Waals surface area contributed by atoms with Crippen LogP contribution in [0.25, 0.3) is 0 Å². The number of hydrogen-bond acceptors (Lipinski definition) is 2. The Morgan fingerprint density at radius 3 is 2.73 bits per heavy atom. The summed E-state index contributed by atoms with van der Waals surface area (Å²) in [7, 11) is 0. The number of benzene rings is 1. The van der Waals surface area contributed by atoms with Gasteiger partial charge in [-0.2, -0.15) is 0 Å². The molecule has 4 nitrogen and oxygen atoms in total. The van der Waals surface area contributed by atoms with Crippen molar-refractivity contribution >= 4 is 6.03 Å². The van der Waals surface area contributed by atoms with Gasteiger partial charge in [-0.3, -0.25) is 4.98 Å². The summed E-state index contributed by atoms with van der Waals surface area (Å²) in [5.74, 6) is 0. The van der Waals surface area contributed by atoms with E-state index in [-0.39, 0.29) is 6.03 Å². The van der Waals surface area contributed by atoms with Gasteiger partial charge in [0.25, 0.3) is 0 Å². The third kappa shape index (κ3) is 3.64. The first kappa shape index (κ1) is 14.6. The van der Waals surface area contributed by atoms with Gasteiger partial charge >= 0.3 is 6.03 Å². The van der Waals surface area contributed by atoms with Gasteiger partial charge in [-0.05, 0) is 48.1 Å². The van der Waals surface area contributed by atoms with E-state index in [9.17, 15) is 4.79 Å². The van der Waals surface area contributed by atoms with E-state index in [1.54, 1.807) is 12.4 Å². The van der Waals surface area contributed by atoms with Crippen molar-refractivity contribution in [1.82, 2.24) is 15.2 Å². The van der Waals surface area contributed by atoms with Gasteiger partial charge in [0.1, 0.15) is 0 Å². The molecule has 0 atom stereocenters. The number of rotatable bonds is 3. The molecule has 4 heteroatoms. The molecule has 0 spiro atoms. The molecular formula is C18H21N3O. The van der Waals surface area contributed by atoms with E-state index < -0.39 is 0 Å². The summed E-state index contributed by atoms with van der Waals surface area (Å²) in [5.41, 5.74) is 3.83. The zero-order valence-corrected chi connectivity index (χ0v) is 12.7. The highest BCUT2D eigenvalue weighted by molar-refractivity contribution is 5.74. The lowest BCUT2D eigenvalue weighted by Crippen LogP contribution is -2.40. The highest BCUT2D eigenvalue weighted by atomic mass is 16.2. The highest BCUT2D eigenvalue weighted by Gasteiger charge is 2.18. The SMILES string of the molecule is O=C(NCCc1ccncc1)N1CCCc2ccccc2C1. The molecule has 0 fully saturated rings. The van der Waals surface area contributed by atoms with Crippen molar-refractivity contribution in [2.24, 2.45) is 0 Å². The van der Waals surface area contributed by atoms with Crippen molar-refractivity contribution in [3.8, 4) is 0 Å². The number of nitrogens with zero attached hydrogens (tertiary/aromatic N) is 2. The van der Waals surface area contributed by atoms with Crippen molar-refractivity contribution in [2.45, 2.75) is 25.8 Å². The van der Waals surface area contributed by atoms with Crippen LogP contribution in [-0.2, 0) is 19.4 Å². The van der Waals surface area contributed by atoms with E-state index in [0.29, 0.717) is 13.1 Å². The third-order valence-electron chi connectivity index (χ3n) is 4.08. The van der Waals surface area contributed by atoms with Crippen LogP contribution in [0.15, 0.2) is 48.8 Å². The first-order valence-corrected chi connectivity index (χ1v) is 7.81. The molecular weight excluding hydrogens is 274 g/mol. The molecule has 2 heterocycles. The number of aryl methyl sites for hydroxylation is 1. The zero-order chi connectivity index (χ0) is 15.2. The Labute approximate surface area is 131 Å². The second-order valence-corrected chi connectivity index (χ2v) is 5.63. The lowest BCUT2D eigenvalue weighted by atomic mass is 10.0. The molecule has 0 saturated carbocycles. The average Bonchev–Trinajstić information content (AvgIpc) is 2.78. The number of aromatic nitrogens is 1. The maximum absolute atomic E-state index is 12.4. The largest absolute Gasteiger partial charge is 0.338 e. The molecule has 1 N–H and O–H groups in total. The summed E-state index contributed by atoms with van der Waals surface area (Å²) in [6.45, 7) is 2.17. The van der Waals surface area contributed by atoms with E-state index in [4.69, 9.17) is 0 Å². The van der Waals surface area contributed by atoms with Gasteiger partial charge in [0.05, 0.1) is 0 Å². The van der Waals surface area contributed by atoms with Gasteiger partial charge in [-0.25, -0.2) is 4.79 Å². The predicted molar refractivity (Wildman–Crippen MR) is 86.5 cm³/mol. The van der Waals surface area contributed by atoms with Crippen LogP contribution in [0.1, 0.15) is 23.1 Å². The number of nitrogens with one attached hydrogen (secondary N) is 1. The normalized spacial score (nSPS) is 14.1. The maximum atomic E-state index is 12.4. The van der Waals surface area contributed by atoms with Crippen LogP contribution in [0, 0.1) is 0 Å². The quantitative estimate of drug-likeness (QED) is 0.946. The van der Waals surface area contributed by atoms with Crippen molar-refractivity contribution in [3.05, 3.63) is 65.5 Å². The van der Waals surface area contributed by atoms with Gasteiger partial charge in [0.15, 0.2) is 0 Å². The smallest absolute Gasteiger partial charge is 0.317 e. The minimum atomic E-state index is 0.0331. The highest BCUT2D eigenvalue weighted by Crippen LogP contribution is 2.18. The molecule has 2 amide bonds. The van der Waals surface area contributed by atoms with Crippen molar-refractivity contribution < 1.29 is 4.79 Å². The molecule has 0 aliphatic carbocycles. The molecule has 22 heavy (non-hydrogen) atoms. The molecule has 114 valence electrons. The van der Waals surface area contributed by atoms with Crippen LogP contribution in [-0.4, -0.2) is 29.0 Å². The number of pyridine rings is 1. The predicted octanol–water partition coefficient (Wildman–Crippen LogP) is 2.78. The molecule has 0 saturated heterocycles. The average molecular weight is 295 g/mol. The second kappa shape index (κ2) is 7.07. The summed E-state index contributed by atoms with van der Waals surface area (Å²) < 4.78 is 0. The molecule has 0 unspecified atom stereocenters. The first-order chi connectivity index (χ1) is 10.8. The number of amides is 2. The molecule has 1 aliphatic rings. The van der Waals surface area contributed by atoms with Crippen molar-refractivity contribution in [2.75, 3.05) is 13.1 Å². The molecule has 0 bridgehead atoms. The van der Waals surface area contributed by atoms with E-state index in [0.717, 1.165) is 25.8 Å². The lowest BCUT2D eigenvalue weighted by Gasteiger charge is -2.21. The number of carbonyl (C=O) groups excluding carboxylic acids is 1. The fourth-order valence-corrected chi connectivity index (χ4v) is 2.85. The summed E-state index contributed by atoms with van der Waals surface area (Å²) >= 11 is 0. The van der Waals surface area contributed by atoms with Crippen LogP contribution in [0.4, 0.5) is 4.79 Å². The van der Waals surface area contributed by atoms with Gasteiger partial charge in [-0.1, -0.05) is 24.3 Å². The topological polar surface area (TPSA) is 45.2 Å². The second-order valence-electron chi connectivity index (χ2n) is 5.63. The zero-order valence-electron chi connectivity index (χ0n) is 12.7. The molecule has 1 aromatic carbocycles. The van der Waals surface area contributed by atoms with Gasteiger partial charge in [-0.15, -0.1) is 0 Å². The Morgan fingerprint density at radius 1 is 1.14 bits per heavy atom. The Morgan fingerprint density at radius 2 is 1.91 bits per heavy atom. The summed E-state index contributed by atoms with van der Waals surface area (Å²) in [5, 5.41) is 3.03. The van der Waals surface area contributed by atoms with Gasteiger partial charge in [0, 0.05) is 32.0 Å². The van der Waals surface area contributed by atoms with E-state index >= 15 is 0 Å². The van der Waals surface area contributed by atoms with Crippen LogP contribution in [0.5, 0.6) is 0 Å². The van der Waals surface area contributed by atoms with E-state index in [1.165, 1.54) is 16.7 Å². The van der Waals surface area contributed by atoms with Crippen LogP contribution >= 0.6 is 0 Å².